The van der Waals surface area contributed by atoms with Crippen LogP contribution in [0, 0.1) is 11.8 Å². The van der Waals surface area contributed by atoms with Gasteiger partial charge in [-0.1, -0.05) is 45.9 Å². The number of aromatic nitrogens is 5. The molecule has 4 aromatic rings. The van der Waals surface area contributed by atoms with E-state index in [4.69, 9.17) is 11.5 Å². The topological polar surface area (TPSA) is 392 Å². The monoisotopic (exact) mass is 1050 g/mol. The Morgan fingerprint density at radius 2 is 1.24 bits per heavy atom. The largest absolute Gasteiger partial charge is 0.370 e. The standard InChI is InChI=1S/C48H69N15O10S/c1-25(2)13-35(45(70)58-29(22-64)11-12-74-6)61-46(71)37(15-30-19-51-23-55-30)59-40(66)21-54-48(73)41(26(3)4)63-42(67)27(5)57-44(69)36(14-28-18-53-34-10-8-7-9-32(28)34)62-47(72)38(16-31-20-52-24-56-31)60-43(68)33(49)17-39(50)65/h7-10,18-20,22-27,29,33,35-38,41,53H,11-17,21,49H2,1-6H3,(H2,50,65)(H,51,55)(H,52,56)(H,54,73)(H,57,69)(H,58,70)(H,59,66)(H,60,68)(H,61,71)(H,62,72)(H,63,67)/t27-,29-,33-,35-,36-,37-,38-,41-/m0/s1. The molecule has 3 heterocycles. The molecule has 8 atom stereocenters. The number of H-pyrrole nitrogens is 3. The fourth-order valence-electron chi connectivity index (χ4n) is 7.63. The van der Waals surface area contributed by atoms with Crippen molar-refractivity contribution < 1.29 is 47.9 Å². The van der Waals surface area contributed by atoms with E-state index in [2.05, 4.69) is 67.5 Å². The van der Waals surface area contributed by atoms with Gasteiger partial charge in [-0.15, -0.1) is 0 Å². The first kappa shape index (κ1) is 59.0. The van der Waals surface area contributed by atoms with Gasteiger partial charge in [0.25, 0.3) is 0 Å². The summed E-state index contributed by atoms with van der Waals surface area (Å²) in [5, 5.41) is 21.7. The van der Waals surface area contributed by atoms with Crippen LogP contribution in [0.2, 0.25) is 0 Å². The maximum absolute atomic E-state index is 14.2. The van der Waals surface area contributed by atoms with Gasteiger partial charge >= 0.3 is 0 Å². The second kappa shape index (κ2) is 29.2. The predicted octanol–water partition coefficient (Wildman–Crippen LogP) is -1.97. The molecule has 0 unspecified atom stereocenters. The molecule has 25 nitrogen and oxygen atoms in total. The first-order valence-corrected chi connectivity index (χ1v) is 25.5. The lowest BCUT2D eigenvalue weighted by Gasteiger charge is -2.26. The number of hydrogen-bond acceptors (Lipinski definition) is 14. The summed E-state index contributed by atoms with van der Waals surface area (Å²) >= 11 is 1.51. The second-order valence-electron chi connectivity index (χ2n) is 18.5. The fraction of sp³-hybridized carbons (Fsp3) is 0.500. The van der Waals surface area contributed by atoms with Crippen LogP contribution < -0.4 is 54.0 Å². The predicted molar refractivity (Wildman–Crippen MR) is 274 cm³/mol. The minimum absolute atomic E-state index is 0.0421. The van der Waals surface area contributed by atoms with Gasteiger partial charge in [0.05, 0.1) is 37.7 Å². The van der Waals surface area contributed by atoms with Crippen LogP contribution >= 0.6 is 11.8 Å². The third kappa shape index (κ3) is 18.8. The van der Waals surface area contributed by atoms with Crippen molar-refractivity contribution in [2.75, 3.05) is 18.6 Å². The summed E-state index contributed by atoms with van der Waals surface area (Å²) in [4.78, 5) is 149. The number of aromatic amines is 3. The van der Waals surface area contributed by atoms with E-state index in [1.807, 2.05) is 38.3 Å². The molecule has 402 valence electrons. The molecule has 0 saturated carbocycles. The van der Waals surface area contributed by atoms with E-state index in [1.165, 1.54) is 43.7 Å². The van der Waals surface area contributed by atoms with E-state index in [0.29, 0.717) is 35.4 Å². The van der Waals surface area contributed by atoms with Gasteiger partial charge in [-0.3, -0.25) is 43.2 Å². The number of carbonyl (C=O) groups is 10. The normalized spacial score (nSPS) is 14.5. The molecule has 74 heavy (non-hydrogen) atoms. The molecule has 0 spiro atoms. The zero-order valence-electron chi connectivity index (χ0n) is 42.2. The van der Waals surface area contributed by atoms with Crippen molar-refractivity contribution in [2.24, 2.45) is 23.3 Å². The number of nitrogens with two attached hydrogens (primary N) is 2. The van der Waals surface area contributed by atoms with E-state index < -0.39 is 120 Å². The number of para-hydroxylation sites is 1. The molecule has 0 aliphatic heterocycles. The highest BCUT2D eigenvalue weighted by Crippen LogP contribution is 2.20. The molecule has 0 aliphatic rings. The number of imidazole rings is 2. The van der Waals surface area contributed by atoms with Gasteiger partial charge in [0.15, 0.2) is 0 Å². The van der Waals surface area contributed by atoms with Crippen LogP contribution in [-0.4, -0.2) is 151 Å². The summed E-state index contributed by atoms with van der Waals surface area (Å²) in [5.74, 6) is -6.86. The van der Waals surface area contributed by atoms with Crippen LogP contribution in [0.3, 0.4) is 0 Å². The van der Waals surface area contributed by atoms with Crippen LogP contribution in [-0.2, 0) is 67.2 Å². The highest BCUT2D eigenvalue weighted by atomic mass is 32.2. The number of aldehydes is 1. The third-order valence-corrected chi connectivity index (χ3v) is 12.3. The van der Waals surface area contributed by atoms with Crippen LogP contribution in [0.15, 0.2) is 55.5 Å². The Morgan fingerprint density at radius 3 is 1.81 bits per heavy atom. The minimum Gasteiger partial charge on any atom is -0.370 e. The Morgan fingerprint density at radius 1 is 0.676 bits per heavy atom. The number of benzene rings is 1. The van der Waals surface area contributed by atoms with Gasteiger partial charge in [0.1, 0.15) is 42.5 Å². The summed E-state index contributed by atoms with van der Waals surface area (Å²) in [6, 6.07) is -2.36. The molecule has 0 fully saturated rings. The molecule has 0 bridgehead atoms. The smallest absolute Gasteiger partial charge is 0.243 e. The quantitative estimate of drug-likeness (QED) is 0.0243. The lowest BCUT2D eigenvalue weighted by Crippen LogP contribution is -2.60. The fourth-order valence-corrected chi connectivity index (χ4v) is 8.12. The van der Waals surface area contributed by atoms with Crippen LogP contribution in [0.25, 0.3) is 10.9 Å². The molecule has 0 aliphatic carbocycles. The third-order valence-electron chi connectivity index (χ3n) is 11.6. The molecule has 9 amide bonds. The molecule has 26 heteroatoms. The van der Waals surface area contributed by atoms with Crippen molar-refractivity contribution in [3.8, 4) is 0 Å². The molecule has 3 aromatic heterocycles. The van der Waals surface area contributed by atoms with Crippen molar-refractivity contribution in [2.45, 2.75) is 121 Å². The van der Waals surface area contributed by atoms with Crippen LogP contribution in [0.1, 0.15) is 70.8 Å². The van der Waals surface area contributed by atoms with Gasteiger partial charge in [-0.05, 0) is 55.2 Å². The number of nitrogens with one attached hydrogen (secondary N) is 11. The van der Waals surface area contributed by atoms with Crippen molar-refractivity contribution in [3.63, 3.8) is 0 Å². The Labute approximate surface area is 432 Å². The number of thioether (sulfide) groups is 1. The second-order valence-corrected chi connectivity index (χ2v) is 19.5. The average molecular weight is 1050 g/mol. The van der Waals surface area contributed by atoms with E-state index in [0.717, 1.165) is 10.9 Å². The Kier molecular flexibility index (Phi) is 23.2. The summed E-state index contributed by atoms with van der Waals surface area (Å²) in [6.07, 6.45) is 9.70. The number of nitrogens with zero attached hydrogens (tertiary/aromatic N) is 2. The Balaban J connectivity index is 1.45. The number of rotatable bonds is 31. The SMILES string of the molecule is CSCC[C@@H](C=O)NC(=O)[C@H](CC(C)C)NC(=O)[C@H](Cc1cnc[nH]1)NC(=O)CNC(=O)[C@@H](NC(=O)[C@H](C)NC(=O)[C@H](Cc1c[nH]c2ccccc12)NC(=O)[C@H](Cc1cnc[nH]1)NC(=O)[C@@H](N)CC(N)=O)C(C)C. The molecular formula is C48H69N15O10S. The number of carbonyl (C=O) groups excluding carboxylic acids is 10. The number of amides is 9. The van der Waals surface area contributed by atoms with Crippen molar-refractivity contribution in [1.29, 1.82) is 0 Å². The zero-order chi connectivity index (χ0) is 54.5. The Bertz CT molecular complexity index is 2530. The van der Waals surface area contributed by atoms with Gasteiger partial charge in [-0.25, -0.2) is 9.97 Å². The van der Waals surface area contributed by atoms with Gasteiger partial charge < -0.3 is 73.7 Å². The minimum atomic E-state index is -1.37. The van der Waals surface area contributed by atoms with Gasteiger partial charge in [0.2, 0.25) is 53.2 Å². The van der Waals surface area contributed by atoms with E-state index in [9.17, 15) is 47.9 Å². The average Bonchev–Trinajstić information content (AvgIpc) is 4.16. The van der Waals surface area contributed by atoms with Gasteiger partial charge in [-0.2, -0.15) is 11.8 Å². The molecule has 4 rings (SSSR count). The van der Waals surface area contributed by atoms with Gasteiger partial charge in [0, 0.05) is 60.1 Å². The highest BCUT2D eigenvalue weighted by Gasteiger charge is 2.34. The molecule has 0 radical (unpaired) electrons. The Hall–Kier alpha value is -7.61. The number of hydrogen-bond donors (Lipinski definition) is 13. The molecule has 1 aromatic carbocycles. The molecular weight excluding hydrogens is 979 g/mol. The van der Waals surface area contributed by atoms with E-state index in [1.54, 1.807) is 26.1 Å². The van der Waals surface area contributed by atoms with Crippen molar-refractivity contribution >= 4 is 82.1 Å². The summed E-state index contributed by atoms with van der Waals surface area (Å²) < 4.78 is 0. The summed E-state index contributed by atoms with van der Waals surface area (Å²) in [6.45, 7) is 7.76. The first-order valence-electron chi connectivity index (χ1n) is 24.1. The lowest BCUT2D eigenvalue weighted by atomic mass is 10.0. The number of fused-ring (bicyclic) bond motifs is 1. The first-order chi connectivity index (χ1) is 35.2. The lowest BCUT2D eigenvalue weighted by molar-refractivity contribution is -0.135. The highest BCUT2D eigenvalue weighted by molar-refractivity contribution is 7.98. The van der Waals surface area contributed by atoms with E-state index >= 15 is 0 Å². The molecule has 0 saturated heterocycles. The van der Waals surface area contributed by atoms with Crippen LogP contribution in [0.4, 0.5) is 0 Å². The number of primary amides is 1. The van der Waals surface area contributed by atoms with Crippen molar-refractivity contribution in [3.05, 3.63) is 72.5 Å². The maximum Gasteiger partial charge on any atom is 0.243 e. The maximum atomic E-state index is 14.2. The summed E-state index contributed by atoms with van der Waals surface area (Å²) in [7, 11) is 0. The summed E-state index contributed by atoms with van der Waals surface area (Å²) in [5.41, 5.74) is 13.4. The van der Waals surface area contributed by atoms with Crippen LogP contribution in [0.5, 0.6) is 0 Å². The zero-order valence-corrected chi connectivity index (χ0v) is 43.1. The van der Waals surface area contributed by atoms with E-state index in [-0.39, 0.29) is 31.6 Å². The van der Waals surface area contributed by atoms with Crippen molar-refractivity contribution in [1.82, 2.24) is 67.5 Å². The molecule has 15 N–H and O–H groups in total.